The molecule has 3 rings (SSSR count). The van der Waals surface area contributed by atoms with Gasteiger partial charge in [0.2, 0.25) is 0 Å². The third kappa shape index (κ3) is 12.8. The first-order valence-corrected chi connectivity index (χ1v) is 17.2. The van der Waals surface area contributed by atoms with E-state index in [4.69, 9.17) is 56.8 Å². The minimum absolute atomic E-state index is 0.0349. The molecule has 0 heterocycles. The first-order chi connectivity index (χ1) is 29.6. The van der Waals surface area contributed by atoms with Crippen molar-refractivity contribution in [1.29, 1.82) is 0 Å². The maximum Gasteiger partial charge on any atom is 0.549 e. The lowest BCUT2D eigenvalue weighted by atomic mass is 9.94. The predicted molar refractivity (Wildman–Crippen MR) is 200 cm³/mol. The Labute approximate surface area is 352 Å². The van der Waals surface area contributed by atoms with Crippen LogP contribution in [-0.4, -0.2) is 120 Å². The monoisotopic (exact) mass is 882 g/mol. The Balaban J connectivity index is 1.70. The van der Waals surface area contributed by atoms with E-state index < -0.39 is 61.6 Å². The van der Waals surface area contributed by atoms with Crippen molar-refractivity contribution in [2.45, 2.75) is 6.92 Å². The summed E-state index contributed by atoms with van der Waals surface area (Å²) in [7, 11) is 11.8. The molecule has 0 unspecified atom stereocenters. The minimum Gasteiger partial charge on any atom is -0.496 e. The number of rotatable bonds is 18. The summed E-state index contributed by atoms with van der Waals surface area (Å²) in [4.78, 5) is 103. The fourth-order valence-electron chi connectivity index (χ4n) is 4.81. The lowest BCUT2D eigenvalue weighted by Gasteiger charge is -2.26. The van der Waals surface area contributed by atoms with Crippen LogP contribution in [0.3, 0.4) is 0 Å². The summed E-state index contributed by atoms with van der Waals surface area (Å²) in [6, 6.07) is 7.54. The molecule has 0 aromatic heterocycles. The third-order valence-corrected chi connectivity index (χ3v) is 7.95. The van der Waals surface area contributed by atoms with Crippen LogP contribution in [0.5, 0.6) is 51.7 Å². The van der Waals surface area contributed by atoms with Gasteiger partial charge in [-0.25, -0.2) is 43.7 Å². The van der Waals surface area contributed by atoms with E-state index in [0.717, 1.165) is 0 Å². The zero-order valence-corrected chi connectivity index (χ0v) is 34.9. The zero-order valence-electron chi connectivity index (χ0n) is 34.9. The Morgan fingerprint density at radius 1 is 0.339 bits per heavy atom. The average molecular weight is 883 g/mol. The maximum atomic E-state index is 12.8. The van der Waals surface area contributed by atoms with Crippen molar-refractivity contribution in [3.8, 4) is 51.7 Å². The van der Waals surface area contributed by atoms with Crippen molar-refractivity contribution in [2.24, 2.45) is 5.41 Å². The van der Waals surface area contributed by atoms with E-state index in [2.05, 4.69) is 29.3 Å². The van der Waals surface area contributed by atoms with Crippen LogP contribution in [0.25, 0.3) is 0 Å². The maximum absolute atomic E-state index is 12.8. The SMILES string of the molecule is COc1cc(OC)c(C(=O)OOC(=O)OCC(C)(COC(=O)OOC(=O)c2cc(OC)c(OC)cc2OC)COC(=O)OOC(=O)c2cc(OC)c(OC)cc2OC)cc1OC. The first kappa shape index (κ1) is 48.4. The van der Waals surface area contributed by atoms with E-state index in [1.165, 1.54) is 107 Å². The highest BCUT2D eigenvalue weighted by atomic mass is 17.2. The summed E-state index contributed by atoms with van der Waals surface area (Å²) in [6.45, 7) is -1.18. The Bertz CT molecular complexity index is 1850. The quantitative estimate of drug-likeness (QED) is 0.0715. The Morgan fingerprint density at radius 2 is 0.548 bits per heavy atom. The van der Waals surface area contributed by atoms with Crippen LogP contribution in [0.4, 0.5) is 14.4 Å². The van der Waals surface area contributed by atoms with Gasteiger partial charge in [-0.2, -0.15) is 14.4 Å². The van der Waals surface area contributed by atoms with Crippen molar-refractivity contribution >= 4 is 36.4 Å². The molecule has 3 aromatic rings. The molecular formula is C38H42O24. The van der Waals surface area contributed by atoms with Gasteiger partial charge in [-0.3, -0.25) is 0 Å². The number of ether oxygens (including phenoxy) is 12. The molecule has 0 saturated carbocycles. The smallest absolute Gasteiger partial charge is 0.496 e. The van der Waals surface area contributed by atoms with Gasteiger partial charge in [0.05, 0.1) is 69.4 Å². The number of hydrogen-bond acceptors (Lipinski definition) is 24. The molecule has 0 bridgehead atoms. The molecule has 0 amide bonds. The fourth-order valence-corrected chi connectivity index (χ4v) is 4.81. The topological polar surface area (TPSA) is 269 Å². The van der Waals surface area contributed by atoms with Gasteiger partial charge in [0.25, 0.3) is 0 Å². The van der Waals surface area contributed by atoms with Crippen LogP contribution in [0.2, 0.25) is 0 Å². The fraction of sp³-hybridized carbons (Fsp3) is 0.368. The van der Waals surface area contributed by atoms with E-state index in [0.29, 0.717) is 0 Å². The number of methoxy groups -OCH3 is 9. The van der Waals surface area contributed by atoms with Gasteiger partial charge in [-0.05, 0) is 6.92 Å². The van der Waals surface area contributed by atoms with Gasteiger partial charge in [0, 0.05) is 36.4 Å². The summed E-state index contributed by atoms with van der Waals surface area (Å²) in [5, 5.41) is 0. The first-order valence-electron chi connectivity index (χ1n) is 17.2. The molecule has 0 fully saturated rings. The number of carbonyl (C=O) groups excluding carboxylic acids is 6. The summed E-state index contributed by atoms with van der Waals surface area (Å²) in [5.41, 5.74) is -2.44. The average Bonchev–Trinajstić information content (AvgIpc) is 3.30. The molecule has 24 nitrogen and oxygen atoms in total. The molecule has 0 N–H and O–H groups in total. The van der Waals surface area contributed by atoms with Crippen LogP contribution < -0.4 is 42.6 Å². The van der Waals surface area contributed by atoms with E-state index in [1.54, 1.807) is 0 Å². The molecular weight excluding hydrogens is 840 g/mol. The van der Waals surface area contributed by atoms with Crippen molar-refractivity contribution in [3.05, 3.63) is 53.1 Å². The summed E-state index contributed by atoms with van der Waals surface area (Å²) in [6.07, 6.45) is -4.82. The number of benzene rings is 3. The van der Waals surface area contributed by atoms with Gasteiger partial charge in [-0.15, -0.1) is 0 Å². The highest BCUT2D eigenvalue weighted by molar-refractivity contribution is 5.95. The van der Waals surface area contributed by atoms with Crippen LogP contribution in [0, 0.1) is 5.41 Å². The second-order valence-electron chi connectivity index (χ2n) is 12.0. The molecule has 0 atom stereocenters. The number of hydrogen-bond donors (Lipinski definition) is 0. The van der Waals surface area contributed by atoms with Gasteiger partial charge in [-0.1, -0.05) is 0 Å². The minimum atomic E-state index is -1.72. The number of carbonyl (C=O) groups is 6. The molecule has 3 aromatic carbocycles. The van der Waals surface area contributed by atoms with Crippen molar-refractivity contribution in [2.75, 3.05) is 83.8 Å². The van der Waals surface area contributed by atoms with Crippen molar-refractivity contribution in [3.63, 3.8) is 0 Å². The lowest BCUT2D eigenvalue weighted by molar-refractivity contribution is -0.216. The largest absolute Gasteiger partial charge is 0.549 e. The molecule has 0 aliphatic heterocycles. The zero-order chi connectivity index (χ0) is 46.0. The van der Waals surface area contributed by atoms with Crippen LogP contribution in [0.1, 0.15) is 38.0 Å². The van der Waals surface area contributed by atoms with Crippen LogP contribution in [-0.2, 0) is 43.5 Å². The summed E-state index contributed by atoms with van der Waals surface area (Å²) in [5.74, 6) is -2.79. The molecule has 0 aliphatic carbocycles. The summed E-state index contributed by atoms with van der Waals surface area (Å²) >= 11 is 0. The van der Waals surface area contributed by atoms with Crippen molar-refractivity contribution < 1.29 is 115 Å². The summed E-state index contributed by atoms with van der Waals surface area (Å²) < 4.78 is 61.6. The molecule has 24 heteroatoms. The van der Waals surface area contributed by atoms with Gasteiger partial charge in [0.15, 0.2) is 34.5 Å². The predicted octanol–water partition coefficient (Wildman–Crippen LogP) is 4.85. The third-order valence-electron chi connectivity index (χ3n) is 7.95. The Morgan fingerprint density at radius 3 is 0.758 bits per heavy atom. The second-order valence-corrected chi connectivity index (χ2v) is 12.0. The van der Waals surface area contributed by atoms with E-state index in [9.17, 15) is 28.8 Å². The van der Waals surface area contributed by atoms with Gasteiger partial charge < -0.3 is 56.8 Å². The Hall–Kier alpha value is -7.92. The van der Waals surface area contributed by atoms with Crippen LogP contribution >= 0.6 is 0 Å². The molecule has 0 aliphatic rings. The molecule has 0 radical (unpaired) electrons. The molecule has 0 saturated heterocycles. The van der Waals surface area contributed by atoms with E-state index in [1.807, 2.05) is 0 Å². The Kier molecular flexibility index (Phi) is 18.0. The van der Waals surface area contributed by atoms with Gasteiger partial charge >= 0.3 is 36.4 Å². The molecule has 62 heavy (non-hydrogen) atoms. The molecule has 0 spiro atoms. The highest BCUT2D eigenvalue weighted by Gasteiger charge is 2.34. The van der Waals surface area contributed by atoms with Crippen molar-refractivity contribution in [1.82, 2.24) is 0 Å². The van der Waals surface area contributed by atoms with Gasteiger partial charge in [0.1, 0.15) is 53.8 Å². The standard InChI is InChI=1S/C38H42O24/c1-38(17-54-35(42)60-57-32(39)20-11-26(48-5)29(51-8)14-23(20)45-2,18-55-36(43)61-58-33(40)21-12-27(49-6)30(52-9)15-24(21)46-3)19-56-37(44)62-59-34(41)22-13-28(50-7)31(53-10)16-25(22)47-4/h11-16H,17-19H2,1-10H3. The second kappa shape index (κ2) is 23.0. The van der Waals surface area contributed by atoms with Crippen LogP contribution in [0.15, 0.2) is 36.4 Å². The highest BCUT2D eigenvalue weighted by Crippen LogP contribution is 2.37. The van der Waals surface area contributed by atoms with E-state index >= 15 is 0 Å². The van der Waals surface area contributed by atoms with E-state index in [-0.39, 0.29) is 68.4 Å². The lowest BCUT2D eigenvalue weighted by Crippen LogP contribution is -2.37. The normalized spacial score (nSPS) is 10.4. The molecule has 338 valence electrons.